The van der Waals surface area contributed by atoms with E-state index in [2.05, 4.69) is 25.7 Å². The summed E-state index contributed by atoms with van der Waals surface area (Å²) in [5, 5.41) is 10.2. The second-order valence-electron chi connectivity index (χ2n) is 5.23. The zero-order valence-corrected chi connectivity index (χ0v) is 11.1. The summed E-state index contributed by atoms with van der Waals surface area (Å²) in [7, 11) is 1.73. The molecule has 4 unspecified atom stereocenters. The lowest BCUT2D eigenvalue weighted by atomic mass is 9.77. The van der Waals surface area contributed by atoms with Crippen LogP contribution in [0.3, 0.4) is 0 Å². The average molecular weight is 229 g/mol. The van der Waals surface area contributed by atoms with Crippen LogP contribution in [-0.4, -0.2) is 49.0 Å². The van der Waals surface area contributed by atoms with Gasteiger partial charge in [-0.1, -0.05) is 20.8 Å². The van der Waals surface area contributed by atoms with Crippen molar-refractivity contribution in [2.45, 2.75) is 45.8 Å². The zero-order valence-electron chi connectivity index (χ0n) is 11.1. The first-order valence-corrected chi connectivity index (χ1v) is 6.51. The first-order chi connectivity index (χ1) is 7.60. The third kappa shape index (κ3) is 3.44. The monoisotopic (exact) mass is 229 g/mol. The summed E-state index contributed by atoms with van der Waals surface area (Å²) in [5.74, 6) is 1.23. The first-order valence-electron chi connectivity index (χ1n) is 6.51. The first kappa shape index (κ1) is 13.9. The van der Waals surface area contributed by atoms with Crippen molar-refractivity contribution in [1.29, 1.82) is 0 Å². The number of rotatable bonds is 5. The van der Waals surface area contributed by atoms with Crippen molar-refractivity contribution in [3.05, 3.63) is 0 Å². The predicted molar refractivity (Wildman–Crippen MR) is 66.5 cm³/mol. The molecular weight excluding hydrogens is 202 g/mol. The Kier molecular flexibility index (Phi) is 5.73. The van der Waals surface area contributed by atoms with Crippen LogP contribution in [0.4, 0.5) is 0 Å². The van der Waals surface area contributed by atoms with E-state index < -0.39 is 0 Å². The molecule has 1 N–H and O–H groups in total. The highest BCUT2D eigenvalue weighted by molar-refractivity contribution is 4.89. The highest BCUT2D eigenvalue weighted by atomic mass is 16.5. The Morgan fingerprint density at radius 2 is 2.00 bits per heavy atom. The van der Waals surface area contributed by atoms with Crippen LogP contribution in [0.1, 0.15) is 33.6 Å². The molecule has 1 fully saturated rings. The molecule has 0 heterocycles. The summed E-state index contributed by atoms with van der Waals surface area (Å²) in [5.41, 5.74) is 0. The fraction of sp³-hybridized carbons (Fsp3) is 1.00. The van der Waals surface area contributed by atoms with Gasteiger partial charge in [-0.05, 0) is 31.2 Å². The van der Waals surface area contributed by atoms with Crippen LogP contribution < -0.4 is 0 Å². The van der Waals surface area contributed by atoms with Gasteiger partial charge in [0, 0.05) is 19.7 Å². The minimum Gasteiger partial charge on any atom is -0.391 e. The molecular formula is C13H27NO2. The molecule has 0 aromatic carbocycles. The molecule has 1 aliphatic carbocycles. The molecule has 16 heavy (non-hydrogen) atoms. The molecule has 0 spiro atoms. The SMILES string of the molecule is CCN(CCOC)C1C(C)CC(C)CC1O. The average Bonchev–Trinajstić information content (AvgIpc) is 2.21. The number of hydrogen-bond donors (Lipinski definition) is 1. The van der Waals surface area contributed by atoms with Crippen LogP contribution in [0.25, 0.3) is 0 Å². The minimum absolute atomic E-state index is 0.171. The molecule has 4 atom stereocenters. The van der Waals surface area contributed by atoms with Crippen molar-refractivity contribution in [2.75, 3.05) is 26.8 Å². The van der Waals surface area contributed by atoms with Crippen LogP contribution >= 0.6 is 0 Å². The Balaban J connectivity index is 2.59. The van der Waals surface area contributed by atoms with Crippen LogP contribution in [0.5, 0.6) is 0 Å². The third-order valence-corrected chi connectivity index (χ3v) is 3.81. The summed E-state index contributed by atoms with van der Waals surface area (Å²) in [6, 6.07) is 0.316. The van der Waals surface area contributed by atoms with E-state index in [0.717, 1.165) is 26.1 Å². The van der Waals surface area contributed by atoms with Gasteiger partial charge in [0.1, 0.15) is 0 Å². The highest BCUT2D eigenvalue weighted by Gasteiger charge is 2.35. The summed E-state index contributed by atoms with van der Waals surface area (Å²) in [6.07, 6.45) is 2.00. The summed E-state index contributed by atoms with van der Waals surface area (Å²) >= 11 is 0. The molecule has 1 saturated carbocycles. The van der Waals surface area contributed by atoms with E-state index in [1.165, 1.54) is 6.42 Å². The fourth-order valence-corrected chi connectivity index (χ4v) is 3.13. The van der Waals surface area contributed by atoms with E-state index in [0.29, 0.717) is 17.9 Å². The molecule has 3 nitrogen and oxygen atoms in total. The largest absolute Gasteiger partial charge is 0.391 e. The molecule has 0 radical (unpaired) electrons. The van der Waals surface area contributed by atoms with Gasteiger partial charge in [0.15, 0.2) is 0 Å². The van der Waals surface area contributed by atoms with Crippen molar-refractivity contribution >= 4 is 0 Å². The second kappa shape index (κ2) is 6.58. The third-order valence-electron chi connectivity index (χ3n) is 3.81. The van der Waals surface area contributed by atoms with Gasteiger partial charge >= 0.3 is 0 Å². The van der Waals surface area contributed by atoms with Crippen molar-refractivity contribution in [1.82, 2.24) is 4.90 Å². The molecule has 1 aliphatic rings. The fourth-order valence-electron chi connectivity index (χ4n) is 3.13. The normalized spacial score (nSPS) is 35.6. The Hall–Kier alpha value is -0.120. The molecule has 0 aromatic heterocycles. The van der Waals surface area contributed by atoms with Gasteiger partial charge in [0.2, 0.25) is 0 Å². The highest BCUT2D eigenvalue weighted by Crippen LogP contribution is 2.32. The quantitative estimate of drug-likeness (QED) is 0.779. The smallest absolute Gasteiger partial charge is 0.0700 e. The minimum atomic E-state index is -0.171. The molecule has 0 aromatic rings. The van der Waals surface area contributed by atoms with Gasteiger partial charge in [-0.25, -0.2) is 0 Å². The van der Waals surface area contributed by atoms with Gasteiger partial charge in [-0.2, -0.15) is 0 Å². The molecule has 0 saturated heterocycles. The lowest BCUT2D eigenvalue weighted by Gasteiger charge is -2.43. The van der Waals surface area contributed by atoms with Gasteiger partial charge in [-0.3, -0.25) is 4.90 Å². The van der Waals surface area contributed by atoms with E-state index >= 15 is 0 Å². The summed E-state index contributed by atoms with van der Waals surface area (Å²) in [6.45, 7) is 9.32. The number of methoxy groups -OCH3 is 1. The summed E-state index contributed by atoms with van der Waals surface area (Å²) < 4.78 is 5.13. The number of aliphatic hydroxyl groups is 1. The zero-order chi connectivity index (χ0) is 12.1. The Bertz CT molecular complexity index is 186. The molecule has 0 aliphatic heterocycles. The molecule has 1 rings (SSSR count). The van der Waals surface area contributed by atoms with Gasteiger partial charge < -0.3 is 9.84 Å². The second-order valence-corrected chi connectivity index (χ2v) is 5.23. The van der Waals surface area contributed by atoms with Crippen LogP contribution in [0.2, 0.25) is 0 Å². The van der Waals surface area contributed by atoms with Crippen molar-refractivity contribution in [2.24, 2.45) is 11.8 Å². The standard InChI is InChI=1S/C13H27NO2/c1-5-14(6-7-16-4)13-11(3)8-10(2)9-12(13)15/h10-13,15H,5-9H2,1-4H3. The molecule has 96 valence electrons. The Morgan fingerprint density at radius 3 is 2.50 bits per heavy atom. The maximum atomic E-state index is 10.2. The van der Waals surface area contributed by atoms with Gasteiger partial charge in [-0.15, -0.1) is 0 Å². The summed E-state index contributed by atoms with van der Waals surface area (Å²) in [4.78, 5) is 2.37. The van der Waals surface area contributed by atoms with E-state index in [1.54, 1.807) is 7.11 Å². The van der Waals surface area contributed by atoms with Gasteiger partial charge in [0.25, 0.3) is 0 Å². The maximum Gasteiger partial charge on any atom is 0.0700 e. The van der Waals surface area contributed by atoms with Crippen LogP contribution in [0.15, 0.2) is 0 Å². The van der Waals surface area contributed by atoms with Crippen molar-refractivity contribution < 1.29 is 9.84 Å². The topological polar surface area (TPSA) is 32.7 Å². The van der Waals surface area contributed by atoms with E-state index in [9.17, 15) is 5.11 Å². The number of hydrogen-bond acceptors (Lipinski definition) is 3. The molecule has 0 bridgehead atoms. The van der Waals surface area contributed by atoms with Crippen LogP contribution in [0, 0.1) is 11.8 Å². The van der Waals surface area contributed by atoms with E-state index in [4.69, 9.17) is 4.74 Å². The molecule has 3 heteroatoms. The number of nitrogens with zero attached hydrogens (tertiary/aromatic N) is 1. The molecule has 0 amide bonds. The van der Waals surface area contributed by atoms with E-state index in [1.807, 2.05) is 0 Å². The lowest BCUT2D eigenvalue weighted by Crippen LogP contribution is -2.52. The lowest BCUT2D eigenvalue weighted by molar-refractivity contribution is -0.0293. The number of likely N-dealkylation sites (N-methyl/N-ethyl adjacent to an activating group) is 1. The van der Waals surface area contributed by atoms with Crippen LogP contribution in [-0.2, 0) is 4.74 Å². The Morgan fingerprint density at radius 1 is 1.31 bits per heavy atom. The van der Waals surface area contributed by atoms with Crippen molar-refractivity contribution in [3.63, 3.8) is 0 Å². The maximum absolute atomic E-state index is 10.2. The Labute approximate surface area is 99.8 Å². The predicted octanol–water partition coefficient (Wildman–Crippen LogP) is 1.75. The number of aliphatic hydroxyl groups excluding tert-OH is 1. The van der Waals surface area contributed by atoms with Gasteiger partial charge in [0.05, 0.1) is 12.7 Å². The van der Waals surface area contributed by atoms with Crippen molar-refractivity contribution in [3.8, 4) is 0 Å². The van der Waals surface area contributed by atoms with E-state index in [-0.39, 0.29) is 6.10 Å². The number of ether oxygens (including phenoxy) is 1.